The fraction of sp³-hybridized carbons (Fsp3) is 0.0833. The third kappa shape index (κ3) is 6.22. The van der Waals surface area contributed by atoms with E-state index in [1.54, 1.807) is 24.3 Å². The molecule has 1 atom stereocenters. The number of halogens is 2. The van der Waals surface area contributed by atoms with E-state index in [0.29, 0.717) is 10.0 Å². The third-order valence-corrected chi connectivity index (χ3v) is 6.52. The van der Waals surface area contributed by atoms with Crippen LogP contribution in [-0.2, 0) is 11.2 Å². The van der Waals surface area contributed by atoms with E-state index < -0.39 is 28.5 Å². The van der Waals surface area contributed by atoms with Gasteiger partial charge in [-0.25, -0.2) is 0 Å². The molecule has 4 rings (SSSR count). The molecule has 3 aromatic carbocycles. The maximum Gasteiger partial charge on any atom is 0.288 e. The van der Waals surface area contributed by atoms with E-state index in [0.717, 1.165) is 17.2 Å². The van der Waals surface area contributed by atoms with Crippen LogP contribution in [-0.4, -0.2) is 33.0 Å². The van der Waals surface area contributed by atoms with Crippen molar-refractivity contribution in [3.05, 3.63) is 104 Å². The molecule has 36 heavy (non-hydrogen) atoms. The number of nitro groups is 1. The van der Waals surface area contributed by atoms with Crippen molar-refractivity contribution in [2.24, 2.45) is 0 Å². The Kier molecular flexibility index (Phi) is 7.89. The Morgan fingerprint density at radius 1 is 1.00 bits per heavy atom. The van der Waals surface area contributed by atoms with Crippen LogP contribution < -0.4 is 10.6 Å². The minimum Gasteiger partial charge on any atom is -0.340 e. The van der Waals surface area contributed by atoms with Gasteiger partial charge in [0.2, 0.25) is 11.0 Å². The zero-order chi connectivity index (χ0) is 25.7. The molecule has 9 nitrogen and oxygen atoms in total. The Morgan fingerprint density at radius 3 is 2.42 bits per heavy atom. The molecule has 0 aliphatic heterocycles. The lowest BCUT2D eigenvalue weighted by Crippen LogP contribution is -2.45. The molecule has 1 aromatic heterocycles. The Bertz CT molecular complexity index is 1410. The average molecular weight is 542 g/mol. The molecule has 2 N–H and O–H groups in total. The molecule has 0 saturated heterocycles. The van der Waals surface area contributed by atoms with Crippen LogP contribution in [0.5, 0.6) is 0 Å². The average Bonchev–Trinajstić information content (AvgIpc) is 3.33. The molecule has 0 saturated carbocycles. The van der Waals surface area contributed by atoms with Crippen LogP contribution in [0.3, 0.4) is 0 Å². The lowest BCUT2D eigenvalue weighted by molar-refractivity contribution is -0.384. The van der Waals surface area contributed by atoms with Crippen LogP contribution in [0.1, 0.15) is 15.9 Å². The van der Waals surface area contributed by atoms with Gasteiger partial charge in [0.1, 0.15) is 16.1 Å². The monoisotopic (exact) mass is 541 g/mol. The first-order valence-corrected chi connectivity index (χ1v) is 12.1. The highest BCUT2D eigenvalue weighted by atomic mass is 35.5. The maximum atomic E-state index is 13.2. The number of hydrogen-bond acceptors (Lipinski definition) is 7. The lowest BCUT2D eigenvalue weighted by atomic mass is 10.0. The van der Waals surface area contributed by atoms with Crippen LogP contribution >= 0.6 is 34.5 Å². The van der Waals surface area contributed by atoms with E-state index >= 15 is 0 Å². The zero-order valence-corrected chi connectivity index (χ0v) is 20.7. The topological polar surface area (TPSA) is 127 Å². The Balaban J connectivity index is 1.54. The molecule has 0 fully saturated rings. The molecule has 0 aliphatic rings. The molecule has 0 aliphatic carbocycles. The van der Waals surface area contributed by atoms with E-state index in [9.17, 15) is 19.7 Å². The van der Waals surface area contributed by atoms with Gasteiger partial charge in [-0.15, -0.1) is 10.2 Å². The van der Waals surface area contributed by atoms with E-state index in [1.165, 1.54) is 23.5 Å². The smallest absolute Gasteiger partial charge is 0.288 e. The van der Waals surface area contributed by atoms with Gasteiger partial charge in [0.05, 0.1) is 4.92 Å². The molecule has 2 amide bonds. The number of carbonyl (C=O) groups excluding carboxylic acids is 2. The van der Waals surface area contributed by atoms with Crippen molar-refractivity contribution < 1.29 is 14.5 Å². The second-order valence-electron chi connectivity index (χ2n) is 7.55. The summed E-state index contributed by atoms with van der Waals surface area (Å²) in [6.07, 6.45) is 0.178. The van der Waals surface area contributed by atoms with Gasteiger partial charge in [-0.05, 0) is 29.8 Å². The van der Waals surface area contributed by atoms with Crippen molar-refractivity contribution in [3.8, 4) is 10.6 Å². The molecule has 0 bridgehead atoms. The number of carbonyl (C=O) groups is 2. The summed E-state index contributed by atoms with van der Waals surface area (Å²) >= 11 is 12.9. The molecule has 4 aromatic rings. The molecular weight excluding hydrogens is 525 g/mol. The second kappa shape index (κ2) is 11.3. The Morgan fingerprint density at radius 2 is 1.72 bits per heavy atom. The highest BCUT2D eigenvalue weighted by Crippen LogP contribution is 2.28. The summed E-state index contributed by atoms with van der Waals surface area (Å²) in [4.78, 5) is 36.6. The quantitative estimate of drug-likeness (QED) is 0.227. The number of aromatic nitrogens is 2. The number of anilines is 1. The van der Waals surface area contributed by atoms with Gasteiger partial charge in [-0.1, -0.05) is 77.0 Å². The molecule has 182 valence electrons. The van der Waals surface area contributed by atoms with Gasteiger partial charge in [0.15, 0.2) is 0 Å². The summed E-state index contributed by atoms with van der Waals surface area (Å²) in [6.45, 7) is 0. The summed E-state index contributed by atoms with van der Waals surface area (Å²) in [6, 6.07) is 18.8. The number of nitrogens with one attached hydrogen (secondary N) is 2. The summed E-state index contributed by atoms with van der Waals surface area (Å²) in [5, 5.41) is 26.0. The summed E-state index contributed by atoms with van der Waals surface area (Å²) in [5.41, 5.74) is 1.19. The first-order valence-electron chi connectivity index (χ1n) is 10.5. The fourth-order valence-corrected chi connectivity index (χ4v) is 4.33. The predicted molar refractivity (Wildman–Crippen MR) is 138 cm³/mol. The van der Waals surface area contributed by atoms with Crippen molar-refractivity contribution in [1.82, 2.24) is 15.5 Å². The lowest BCUT2D eigenvalue weighted by Gasteiger charge is -2.18. The predicted octanol–water partition coefficient (Wildman–Crippen LogP) is 5.40. The number of nitrogens with zero attached hydrogens (tertiary/aromatic N) is 3. The first-order chi connectivity index (χ1) is 17.3. The summed E-state index contributed by atoms with van der Waals surface area (Å²) in [5.74, 6) is -1.18. The Hall–Kier alpha value is -3.86. The van der Waals surface area contributed by atoms with Crippen LogP contribution in [0.4, 0.5) is 10.8 Å². The maximum absolute atomic E-state index is 13.2. The minimum absolute atomic E-state index is 0.00194. The van der Waals surface area contributed by atoms with Gasteiger partial charge in [-0.3, -0.25) is 25.0 Å². The molecule has 0 spiro atoms. The van der Waals surface area contributed by atoms with E-state index in [2.05, 4.69) is 20.8 Å². The minimum atomic E-state index is -1.00. The van der Waals surface area contributed by atoms with Crippen LogP contribution in [0.25, 0.3) is 10.6 Å². The second-order valence-corrected chi connectivity index (χ2v) is 9.37. The van der Waals surface area contributed by atoms with E-state index in [-0.39, 0.29) is 22.1 Å². The van der Waals surface area contributed by atoms with Gasteiger partial charge in [0, 0.05) is 28.6 Å². The fourth-order valence-electron chi connectivity index (χ4n) is 3.27. The van der Waals surface area contributed by atoms with Crippen molar-refractivity contribution >= 4 is 57.2 Å². The van der Waals surface area contributed by atoms with Crippen molar-refractivity contribution in [1.29, 1.82) is 0 Å². The molecular formula is C24H17Cl2N5O4S. The third-order valence-electron chi connectivity index (χ3n) is 5.06. The standard InChI is InChI=1S/C24H17Cl2N5O4S/c25-17-9-6-15(7-10-17)23-29-30-24(36-23)28-22(33)19(12-14-4-2-1-3-5-14)27-21(32)16-8-11-18(26)20(13-16)31(34)35/h1-11,13,19H,12H2,(H,27,32)(H,28,30,33). The van der Waals surface area contributed by atoms with Crippen LogP contribution in [0.15, 0.2) is 72.8 Å². The SMILES string of the molecule is O=C(NC(Cc1ccccc1)C(=O)Nc1nnc(-c2ccc(Cl)cc2)s1)c1ccc(Cl)c([N+](=O)[O-])c1. The van der Waals surface area contributed by atoms with Crippen LogP contribution in [0, 0.1) is 10.1 Å². The van der Waals surface area contributed by atoms with E-state index in [4.69, 9.17) is 23.2 Å². The largest absolute Gasteiger partial charge is 0.340 e. The van der Waals surface area contributed by atoms with Gasteiger partial charge in [-0.2, -0.15) is 0 Å². The number of amides is 2. The highest BCUT2D eigenvalue weighted by Gasteiger charge is 2.25. The van der Waals surface area contributed by atoms with Crippen molar-refractivity contribution in [3.63, 3.8) is 0 Å². The number of nitro benzene ring substituents is 1. The highest BCUT2D eigenvalue weighted by molar-refractivity contribution is 7.18. The first kappa shape index (κ1) is 25.2. The molecule has 12 heteroatoms. The summed E-state index contributed by atoms with van der Waals surface area (Å²) in [7, 11) is 0. The summed E-state index contributed by atoms with van der Waals surface area (Å²) < 4.78 is 0. The zero-order valence-electron chi connectivity index (χ0n) is 18.4. The van der Waals surface area contributed by atoms with Gasteiger partial charge >= 0.3 is 0 Å². The van der Waals surface area contributed by atoms with Crippen molar-refractivity contribution in [2.45, 2.75) is 12.5 Å². The van der Waals surface area contributed by atoms with Crippen LogP contribution in [0.2, 0.25) is 10.0 Å². The normalized spacial score (nSPS) is 11.5. The molecule has 0 radical (unpaired) electrons. The Labute approximate surface area is 219 Å². The molecule has 1 heterocycles. The van der Waals surface area contributed by atoms with Crippen molar-refractivity contribution in [2.75, 3.05) is 5.32 Å². The number of rotatable bonds is 8. The van der Waals surface area contributed by atoms with Gasteiger partial charge < -0.3 is 5.32 Å². The van der Waals surface area contributed by atoms with E-state index in [1.807, 2.05) is 30.3 Å². The molecule has 1 unspecified atom stereocenters. The van der Waals surface area contributed by atoms with Gasteiger partial charge in [0.25, 0.3) is 11.6 Å². The number of hydrogen-bond donors (Lipinski definition) is 2. The number of benzene rings is 3.